The third-order valence-corrected chi connectivity index (χ3v) is 3.15. The first-order chi connectivity index (χ1) is 8.75. The van der Waals surface area contributed by atoms with Crippen molar-refractivity contribution in [3.63, 3.8) is 0 Å². The van der Waals surface area contributed by atoms with Crippen LogP contribution >= 0.6 is 23.2 Å². The molecule has 1 aromatic carbocycles. The lowest BCUT2D eigenvalue weighted by atomic mass is 10.2. The molecule has 4 nitrogen and oxygen atoms in total. The molecule has 96 valence electrons. The summed E-state index contributed by atoms with van der Waals surface area (Å²) in [5.41, 5.74) is 1.06. The van der Waals surface area contributed by atoms with Gasteiger partial charge in [0, 0.05) is 23.0 Å². The van der Waals surface area contributed by atoms with E-state index in [2.05, 4.69) is 20.5 Å². The molecule has 0 atom stereocenters. The van der Waals surface area contributed by atoms with Crippen molar-refractivity contribution in [2.24, 2.45) is 0 Å². The van der Waals surface area contributed by atoms with Gasteiger partial charge in [-0.1, -0.05) is 29.3 Å². The third kappa shape index (κ3) is 3.98. The fourth-order valence-electron chi connectivity index (χ4n) is 1.62. The van der Waals surface area contributed by atoms with Gasteiger partial charge in [-0.15, -0.1) is 0 Å². The molecule has 0 bridgehead atoms. The quantitative estimate of drug-likeness (QED) is 0.802. The minimum atomic E-state index is 0.661. The van der Waals surface area contributed by atoms with Gasteiger partial charge >= 0.3 is 0 Å². The Morgan fingerprint density at radius 2 is 2.17 bits per heavy atom. The highest BCUT2D eigenvalue weighted by atomic mass is 35.5. The van der Waals surface area contributed by atoms with Crippen molar-refractivity contribution in [3.05, 3.63) is 46.0 Å². The molecular formula is C12H14Cl2N4. The molecule has 18 heavy (non-hydrogen) atoms. The number of aromatic amines is 1. The molecule has 0 aliphatic heterocycles. The molecule has 0 radical (unpaired) electrons. The molecule has 1 heterocycles. The van der Waals surface area contributed by atoms with Crippen LogP contribution in [0.25, 0.3) is 0 Å². The topological polar surface area (TPSA) is 53.6 Å². The highest BCUT2D eigenvalue weighted by Gasteiger charge is 2.01. The minimum absolute atomic E-state index is 0.661. The number of nitrogens with zero attached hydrogens (tertiary/aromatic N) is 2. The number of nitrogens with one attached hydrogen (secondary N) is 2. The number of rotatable bonds is 6. The molecule has 1 aromatic heterocycles. The van der Waals surface area contributed by atoms with Crippen LogP contribution in [0.2, 0.25) is 10.0 Å². The van der Waals surface area contributed by atoms with Gasteiger partial charge < -0.3 is 5.32 Å². The maximum Gasteiger partial charge on any atom is 0.137 e. The predicted molar refractivity (Wildman–Crippen MR) is 72.9 cm³/mol. The molecule has 0 saturated heterocycles. The lowest BCUT2D eigenvalue weighted by Crippen LogP contribution is -2.15. The predicted octanol–water partition coefficient (Wildman–Crippen LogP) is 2.83. The van der Waals surface area contributed by atoms with E-state index in [9.17, 15) is 0 Å². The largest absolute Gasteiger partial charge is 0.313 e. The van der Waals surface area contributed by atoms with Gasteiger partial charge in [0.05, 0.1) is 0 Å². The fraction of sp³-hybridized carbons (Fsp3) is 0.333. The average Bonchev–Trinajstić information content (AvgIpc) is 2.84. The summed E-state index contributed by atoms with van der Waals surface area (Å²) < 4.78 is 0. The fourth-order valence-corrected chi connectivity index (χ4v) is 2.10. The summed E-state index contributed by atoms with van der Waals surface area (Å²) in [4.78, 5) is 4.07. The van der Waals surface area contributed by atoms with Crippen LogP contribution in [0.1, 0.15) is 17.8 Å². The van der Waals surface area contributed by atoms with E-state index >= 15 is 0 Å². The molecule has 6 heteroatoms. The van der Waals surface area contributed by atoms with Gasteiger partial charge in [-0.2, -0.15) is 5.10 Å². The maximum atomic E-state index is 6.08. The maximum absolute atomic E-state index is 6.08. The van der Waals surface area contributed by atoms with E-state index in [4.69, 9.17) is 23.2 Å². The van der Waals surface area contributed by atoms with Gasteiger partial charge in [-0.05, 0) is 30.7 Å². The van der Waals surface area contributed by atoms with E-state index < -0.39 is 0 Å². The second-order valence-corrected chi connectivity index (χ2v) is 4.79. The zero-order chi connectivity index (χ0) is 12.8. The van der Waals surface area contributed by atoms with Crippen LogP contribution in [0, 0.1) is 0 Å². The molecule has 0 aliphatic rings. The van der Waals surface area contributed by atoms with Crippen LogP contribution in [0.5, 0.6) is 0 Å². The Bertz CT molecular complexity index is 485. The van der Waals surface area contributed by atoms with E-state index in [1.54, 1.807) is 6.07 Å². The molecule has 0 aliphatic carbocycles. The Labute approximate surface area is 116 Å². The Morgan fingerprint density at radius 1 is 1.28 bits per heavy atom. The van der Waals surface area contributed by atoms with Crippen LogP contribution in [0.4, 0.5) is 0 Å². The summed E-state index contributed by atoms with van der Waals surface area (Å²) in [7, 11) is 0. The molecule has 2 aromatic rings. The smallest absolute Gasteiger partial charge is 0.137 e. The zero-order valence-corrected chi connectivity index (χ0v) is 11.3. The standard InChI is InChI=1S/C12H14Cl2N4/c13-10-4-3-9(11(14)6-10)7-15-5-1-2-12-16-8-17-18-12/h3-4,6,8,15H,1-2,5,7H2,(H,16,17,18). The Morgan fingerprint density at radius 3 is 2.89 bits per heavy atom. The van der Waals surface area contributed by atoms with Crippen molar-refractivity contribution in [3.8, 4) is 0 Å². The Balaban J connectivity index is 1.69. The van der Waals surface area contributed by atoms with Crippen molar-refractivity contribution in [1.29, 1.82) is 0 Å². The second kappa shape index (κ2) is 6.73. The molecule has 0 unspecified atom stereocenters. The summed E-state index contributed by atoms with van der Waals surface area (Å²) in [5.74, 6) is 0.918. The van der Waals surface area contributed by atoms with Crippen molar-refractivity contribution >= 4 is 23.2 Å². The highest BCUT2D eigenvalue weighted by molar-refractivity contribution is 6.35. The molecular weight excluding hydrogens is 271 g/mol. The summed E-state index contributed by atoms with van der Waals surface area (Å²) in [5, 5.41) is 11.3. The molecule has 0 amide bonds. The van der Waals surface area contributed by atoms with Crippen molar-refractivity contribution in [2.45, 2.75) is 19.4 Å². The summed E-state index contributed by atoms with van der Waals surface area (Å²) >= 11 is 11.9. The van der Waals surface area contributed by atoms with Crippen molar-refractivity contribution in [2.75, 3.05) is 6.54 Å². The average molecular weight is 285 g/mol. The van der Waals surface area contributed by atoms with Crippen LogP contribution < -0.4 is 5.32 Å². The third-order valence-electron chi connectivity index (χ3n) is 2.56. The number of hydrogen-bond donors (Lipinski definition) is 2. The number of hydrogen-bond acceptors (Lipinski definition) is 3. The van der Waals surface area contributed by atoms with Gasteiger partial charge in [0.2, 0.25) is 0 Å². The molecule has 0 spiro atoms. The van der Waals surface area contributed by atoms with Gasteiger partial charge in [0.25, 0.3) is 0 Å². The first-order valence-electron chi connectivity index (χ1n) is 5.74. The number of H-pyrrole nitrogens is 1. The van der Waals surface area contributed by atoms with Crippen LogP contribution in [-0.4, -0.2) is 21.7 Å². The monoisotopic (exact) mass is 284 g/mol. The van der Waals surface area contributed by atoms with E-state index in [0.29, 0.717) is 10.0 Å². The number of benzene rings is 1. The van der Waals surface area contributed by atoms with E-state index in [1.807, 2.05) is 12.1 Å². The molecule has 2 N–H and O–H groups in total. The second-order valence-electron chi connectivity index (χ2n) is 3.95. The Kier molecular flexibility index (Phi) is 4.99. The van der Waals surface area contributed by atoms with Crippen molar-refractivity contribution in [1.82, 2.24) is 20.5 Å². The summed E-state index contributed by atoms with van der Waals surface area (Å²) in [6, 6.07) is 5.54. The SMILES string of the molecule is Clc1ccc(CNCCCc2ncn[nH]2)c(Cl)c1. The lowest BCUT2D eigenvalue weighted by Gasteiger charge is -2.06. The highest BCUT2D eigenvalue weighted by Crippen LogP contribution is 2.20. The number of aryl methyl sites for hydroxylation is 1. The van der Waals surface area contributed by atoms with Gasteiger partial charge in [0.1, 0.15) is 12.2 Å². The Hall–Kier alpha value is -1.10. The van der Waals surface area contributed by atoms with E-state index in [0.717, 1.165) is 37.3 Å². The number of aromatic nitrogens is 3. The van der Waals surface area contributed by atoms with Gasteiger partial charge in [-0.25, -0.2) is 4.98 Å². The van der Waals surface area contributed by atoms with Crippen molar-refractivity contribution < 1.29 is 0 Å². The number of halogens is 2. The lowest BCUT2D eigenvalue weighted by molar-refractivity contribution is 0.639. The zero-order valence-electron chi connectivity index (χ0n) is 9.79. The normalized spacial score (nSPS) is 10.8. The first kappa shape index (κ1) is 13.3. The van der Waals surface area contributed by atoms with Crippen LogP contribution in [0.15, 0.2) is 24.5 Å². The molecule has 0 fully saturated rings. The summed E-state index contributed by atoms with van der Waals surface area (Å²) in [6.07, 6.45) is 3.41. The van der Waals surface area contributed by atoms with Crippen LogP contribution in [0.3, 0.4) is 0 Å². The first-order valence-corrected chi connectivity index (χ1v) is 6.50. The van der Waals surface area contributed by atoms with E-state index in [1.165, 1.54) is 6.33 Å². The van der Waals surface area contributed by atoms with Crippen LogP contribution in [-0.2, 0) is 13.0 Å². The van der Waals surface area contributed by atoms with E-state index in [-0.39, 0.29) is 0 Å². The minimum Gasteiger partial charge on any atom is -0.313 e. The van der Waals surface area contributed by atoms with Gasteiger partial charge in [-0.3, -0.25) is 5.10 Å². The van der Waals surface area contributed by atoms with Gasteiger partial charge in [0.15, 0.2) is 0 Å². The molecule has 0 saturated carbocycles. The summed E-state index contributed by atoms with van der Waals surface area (Å²) in [6.45, 7) is 1.64. The molecule has 2 rings (SSSR count).